The topological polar surface area (TPSA) is 67.5 Å². The van der Waals surface area contributed by atoms with Crippen LogP contribution in [-0.2, 0) is 4.79 Å². The summed E-state index contributed by atoms with van der Waals surface area (Å²) in [5, 5.41) is 8.55. The standard InChI is InChI=1S/C10H8O4S/c1-7(11)15-6-2-3-8-4-5-9(14-8)10(12)13/h4-5H,6H2,1H3,(H,12,13). The van der Waals surface area contributed by atoms with Crippen LogP contribution in [0.5, 0.6) is 0 Å². The minimum atomic E-state index is -1.12. The molecular weight excluding hydrogens is 216 g/mol. The van der Waals surface area contributed by atoms with Crippen LogP contribution in [0, 0.1) is 11.8 Å². The molecule has 0 fully saturated rings. The lowest BCUT2D eigenvalue weighted by atomic mass is 10.4. The molecule has 0 radical (unpaired) electrons. The highest BCUT2D eigenvalue weighted by Gasteiger charge is 2.06. The molecule has 1 aromatic rings. The molecule has 1 N–H and O–H groups in total. The molecule has 0 amide bonds. The number of aromatic carboxylic acids is 1. The molecule has 78 valence electrons. The van der Waals surface area contributed by atoms with Gasteiger partial charge in [0, 0.05) is 6.92 Å². The largest absolute Gasteiger partial charge is 0.475 e. The minimum Gasteiger partial charge on any atom is -0.475 e. The minimum absolute atomic E-state index is 0.00466. The van der Waals surface area contributed by atoms with Crippen LogP contribution < -0.4 is 0 Å². The molecular formula is C10H8O4S. The molecule has 4 nitrogen and oxygen atoms in total. The number of furan rings is 1. The summed E-state index contributed by atoms with van der Waals surface area (Å²) in [4.78, 5) is 21.0. The molecule has 0 atom stereocenters. The molecule has 0 saturated carbocycles. The summed E-state index contributed by atoms with van der Waals surface area (Å²) < 4.78 is 4.88. The number of hydrogen-bond donors (Lipinski definition) is 1. The summed E-state index contributed by atoms with van der Waals surface area (Å²) >= 11 is 1.09. The van der Waals surface area contributed by atoms with Crippen LogP contribution in [-0.4, -0.2) is 21.9 Å². The average Bonchev–Trinajstić information content (AvgIpc) is 2.60. The maximum Gasteiger partial charge on any atom is 0.371 e. The summed E-state index contributed by atoms with van der Waals surface area (Å²) in [6.45, 7) is 1.46. The first kappa shape index (κ1) is 11.4. The van der Waals surface area contributed by atoms with Gasteiger partial charge in [0.15, 0.2) is 10.9 Å². The SMILES string of the molecule is CC(=O)SCC#Cc1ccc(C(=O)O)o1. The Labute approximate surface area is 90.7 Å². The van der Waals surface area contributed by atoms with Gasteiger partial charge in [0.05, 0.1) is 5.75 Å². The summed E-state index contributed by atoms with van der Waals surface area (Å²) in [6, 6.07) is 2.82. The van der Waals surface area contributed by atoms with Crippen molar-refractivity contribution in [2.45, 2.75) is 6.92 Å². The molecule has 0 aliphatic carbocycles. The zero-order valence-corrected chi connectivity index (χ0v) is 8.76. The van der Waals surface area contributed by atoms with Crippen LogP contribution in [0.1, 0.15) is 23.2 Å². The Morgan fingerprint density at radius 1 is 1.53 bits per heavy atom. The Morgan fingerprint density at radius 2 is 2.27 bits per heavy atom. The number of hydrogen-bond acceptors (Lipinski definition) is 4. The molecule has 1 heterocycles. The zero-order valence-electron chi connectivity index (χ0n) is 7.94. The van der Waals surface area contributed by atoms with Gasteiger partial charge in [-0.15, -0.1) is 0 Å². The maximum atomic E-state index is 10.5. The van der Waals surface area contributed by atoms with E-state index in [4.69, 9.17) is 9.52 Å². The molecule has 0 unspecified atom stereocenters. The van der Waals surface area contributed by atoms with Crippen molar-refractivity contribution in [1.29, 1.82) is 0 Å². The quantitative estimate of drug-likeness (QED) is 0.773. The van der Waals surface area contributed by atoms with Crippen LogP contribution >= 0.6 is 11.8 Å². The lowest BCUT2D eigenvalue weighted by molar-refractivity contribution is -0.109. The molecule has 0 saturated heterocycles. The van der Waals surface area contributed by atoms with Crippen molar-refractivity contribution in [2.75, 3.05) is 5.75 Å². The van der Waals surface area contributed by atoms with Gasteiger partial charge >= 0.3 is 5.97 Å². The summed E-state index contributed by atoms with van der Waals surface area (Å²) in [7, 11) is 0. The van der Waals surface area contributed by atoms with Gasteiger partial charge in [-0.1, -0.05) is 17.7 Å². The van der Waals surface area contributed by atoms with E-state index in [1.807, 2.05) is 0 Å². The van der Waals surface area contributed by atoms with Gasteiger partial charge in [-0.05, 0) is 18.1 Å². The van der Waals surface area contributed by atoms with Crippen molar-refractivity contribution in [3.05, 3.63) is 23.7 Å². The molecule has 0 aliphatic heterocycles. The second-order valence-corrected chi connectivity index (χ2v) is 3.70. The molecule has 15 heavy (non-hydrogen) atoms. The van der Waals surface area contributed by atoms with Crippen LogP contribution in [0.4, 0.5) is 0 Å². The Balaban J connectivity index is 2.56. The highest BCUT2D eigenvalue weighted by molar-refractivity contribution is 8.13. The van der Waals surface area contributed by atoms with Crippen molar-refractivity contribution in [1.82, 2.24) is 0 Å². The van der Waals surface area contributed by atoms with E-state index in [-0.39, 0.29) is 16.6 Å². The summed E-state index contributed by atoms with van der Waals surface area (Å²) in [5.74, 6) is 4.71. The third-order valence-corrected chi connectivity index (χ3v) is 2.07. The number of carboxylic acids is 1. The van der Waals surface area contributed by atoms with Crippen LogP contribution in [0.25, 0.3) is 0 Å². The smallest absolute Gasteiger partial charge is 0.371 e. The van der Waals surface area contributed by atoms with Gasteiger partial charge in [-0.3, -0.25) is 4.79 Å². The van der Waals surface area contributed by atoms with Crippen molar-refractivity contribution in [3.8, 4) is 11.8 Å². The van der Waals surface area contributed by atoms with Crippen molar-refractivity contribution >= 4 is 22.8 Å². The molecule has 5 heteroatoms. The van der Waals surface area contributed by atoms with E-state index in [0.717, 1.165) is 11.8 Å². The first-order valence-electron chi connectivity index (χ1n) is 4.05. The van der Waals surface area contributed by atoms with Crippen molar-refractivity contribution < 1.29 is 19.1 Å². The predicted octanol–water partition coefficient (Wildman–Crippen LogP) is 1.61. The Hall–Kier alpha value is -1.67. The van der Waals surface area contributed by atoms with Gasteiger partial charge in [0.1, 0.15) is 0 Å². The zero-order chi connectivity index (χ0) is 11.3. The number of carbonyl (C=O) groups is 2. The average molecular weight is 224 g/mol. The summed E-state index contributed by atoms with van der Waals surface area (Å²) in [5.41, 5.74) is 0. The second-order valence-electron chi connectivity index (χ2n) is 2.55. The van der Waals surface area contributed by atoms with Crippen LogP contribution in [0.15, 0.2) is 16.5 Å². The van der Waals surface area contributed by atoms with E-state index in [0.29, 0.717) is 5.75 Å². The van der Waals surface area contributed by atoms with E-state index in [2.05, 4.69) is 11.8 Å². The van der Waals surface area contributed by atoms with E-state index in [1.165, 1.54) is 19.1 Å². The Bertz CT molecular complexity index is 436. The van der Waals surface area contributed by atoms with Gasteiger partial charge in [0.2, 0.25) is 5.76 Å². The fraction of sp³-hybridized carbons (Fsp3) is 0.200. The predicted molar refractivity (Wildman–Crippen MR) is 55.7 cm³/mol. The van der Waals surface area contributed by atoms with Gasteiger partial charge in [-0.25, -0.2) is 4.79 Å². The third-order valence-electron chi connectivity index (χ3n) is 1.38. The normalized spacial score (nSPS) is 9.13. The van der Waals surface area contributed by atoms with E-state index < -0.39 is 5.97 Å². The van der Waals surface area contributed by atoms with E-state index in [9.17, 15) is 9.59 Å². The maximum absolute atomic E-state index is 10.5. The first-order valence-corrected chi connectivity index (χ1v) is 5.03. The fourth-order valence-electron chi connectivity index (χ4n) is 0.781. The molecule has 1 rings (SSSR count). The van der Waals surface area contributed by atoms with Gasteiger partial charge < -0.3 is 9.52 Å². The number of thioether (sulfide) groups is 1. The van der Waals surface area contributed by atoms with E-state index in [1.54, 1.807) is 0 Å². The van der Waals surface area contributed by atoms with Crippen LogP contribution in [0.3, 0.4) is 0 Å². The highest BCUT2D eigenvalue weighted by Crippen LogP contribution is 2.06. The Kier molecular flexibility index (Phi) is 4.01. The number of rotatable bonds is 2. The molecule has 1 aromatic heterocycles. The Morgan fingerprint density at radius 3 is 2.80 bits per heavy atom. The fourth-order valence-corrected chi connectivity index (χ4v) is 1.13. The lowest BCUT2D eigenvalue weighted by Gasteiger charge is -1.85. The van der Waals surface area contributed by atoms with E-state index >= 15 is 0 Å². The van der Waals surface area contributed by atoms with Crippen molar-refractivity contribution in [2.24, 2.45) is 0 Å². The number of carboxylic acid groups (broad SMARTS) is 1. The lowest BCUT2D eigenvalue weighted by Crippen LogP contribution is -1.91. The molecule has 0 aromatic carbocycles. The van der Waals surface area contributed by atoms with Crippen LogP contribution in [0.2, 0.25) is 0 Å². The van der Waals surface area contributed by atoms with Gasteiger partial charge in [0.25, 0.3) is 0 Å². The first-order chi connectivity index (χ1) is 7.09. The van der Waals surface area contributed by atoms with Gasteiger partial charge in [-0.2, -0.15) is 0 Å². The third kappa shape index (κ3) is 3.92. The highest BCUT2D eigenvalue weighted by atomic mass is 32.2. The molecule has 0 bridgehead atoms. The molecule has 0 aliphatic rings. The summed E-state index contributed by atoms with van der Waals surface area (Å²) in [6.07, 6.45) is 0. The number of carbonyl (C=O) groups excluding carboxylic acids is 1. The molecule has 0 spiro atoms. The second kappa shape index (κ2) is 5.27. The van der Waals surface area contributed by atoms with Crippen molar-refractivity contribution in [3.63, 3.8) is 0 Å². The monoisotopic (exact) mass is 224 g/mol.